The third-order valence-corrected chi connectivity index (χ3v) is 6.61. The molecule has 0 N–H and O–H groups in total. The number of benzene rings is 2. The number of likely N-dealkylation sites (tertiary alicyclic amines) is 1. The molecule has 7 heteroatoms. The Labute approximate surface area is 182 Å². The summed E-state index contributed by atoms with van der Waals surface area (Å²) in [6.07, 6.45) is 2.39. The summed E-state index contributed by atoms with van der Waals surface area (Å²) in [6, 6.07) is 8.12. The van der Waals surface area contributed by atoms with Crippen molar-refractivity contribution in [3.63, 3.8) is 0 Å². The monoisotopic (exact) mass is 427 g/mol. The maximum atomic E-state index is 6.57. The SMILES string of the molecule is COc1cc([C@@H]2c3cc4c(cc3O[C@H](N3CCCC3)[C@@H]2C)OCO4)cc(OC)c1OC. The Morgan fingerprint density at radius 3 is 2.10 bits per heavy atom. The second-order valence-corrected chi connectivity index (χ2v) is 8.29. The van der Waals surface area contributed by atoms with E-state index in [1.165, 1.54) is 12.8 Å². The van der Waals surface area contributed by atoms with E-state index in [-0.39, 0.29) is 24.9 Å². The van der Waals surface area contributed by atoms with Crippen molar-refractivity contribution in [2.45, 2.75) is 31.9 Å². The van der Waals surface area contributed by atoms with Gasteiger partial charge >= 0.3 is 0 Å². The van der Waals surface area contributed by atoms with E-state index in [1.54, 1.807) is 21.3 Å². The highest BCUT2D eigenvalue weighted by atomic mass is 16.7. The first-order chi connectivity index (χ1) is 15.1. The van der Waals surface area contributed by atoms with Gasteiger partial charge in [0, 0.05) is 36.6 Å². The molecule has 31 heavy (non-hydrogen) atoms. The number of nitrogens with zero attached hydrogens (tertiary/aromatic N) is 1. The third kappa shape index (κ3) is 3.31. The molecule has 0 aromatic heterocycles. The zero-order valence-corrected chi connectivity index (χ0v) is 18.5. The summed E-state index contributed by atoms with van der Waals surface area (Å²) in [4.78, 5) is 2.45. The van der Waals surface area contributed by atoms with E-state index >= 15 is 0 Å². The molecule has 7 nitrogen and oxygen atoms in total. The summed E-state index contributed by atoms with van der Waals surface area (Å²) in [7, 11) is 4.91. The molecular formula is C24H29NO6. The summed E-state index contributed by atoms with van der Waals surface area (Å²) in [5.41, 5.74) is 2.18. The fourth-order valence-corrected chi connectivity index (χ4v) is 5.14. The number of fused-ring (bicyclic) bond motifs is 2. The lowest BCUT2D eigenvalue weighted by Gasteiger charge is -2.42. The molecule has 0 amide bonds. The van der Waals surface area contributed by atoms with Crippen LogP contribution in [0.5, 0.6) is 34.5 Å². The van der Waals surface area contributed by atoms with Gasteiger partial charge in [-0.05, 0) is 36.6 Å². The second kappa shape index (κ2) is 8.04. The molecule has 2 aromatic carbocycles. The molecule has 5 rings (SSSR count). The van der Waals surface area contributed by atoms with Crippen LogP contribution in [0.15, 0.2) is 24.3 Å². The van der Waals surface area contributed by atoms with Crippen molar-refractivity contribution >= 4 is 0 Å². The maximum absolute atomic E-state index is 6.57. The number of hydrogen-bond acceptors (Lipinski definition) is 7. The number of rotatable bonds is 5. The fraction of sp³-hybridized carbons (Fsp3) is 0.500. The van der Waals surface area contributed by atoms with Gasteiger partial charge in [0.05, 0.1) is 21.3 Å². The molecular weight excluding hydrogens is 398 g/mol. The van der Waals surface area contributed by atoms with E-state index in [0.717, 1.165) is 41.5 Å². The van der Waals surface area contributed by atoms with Crippen LogP contribution in [-0.2, 0) is 0 Å². The minimum absolute atomic E-state index is 0.0144. The molecule has 3 heterocycles. The Kier molecular flexibility index (Phi) is 5.22. The molecule has 3 aliphatic rings. The molecule has 0 unspecified atom stereocenters. The summed E-state index contributed by atoms with van der Waals surface area (Å²) >= 11 is 0. The number of methoxy groups -OCH3 is 3. The fourth-order valence-electron chi connectivity index (χ4n) is 5.14. The quantitative estimate of drug-likeness (QED) is 0.714. The summed E-state index contributed by atoms with van der Waals surface area (Å²) < 4.78 is 34.7. The molecule has 1 fully saturated rings. The maximum Gasteiger partial charge on any atom is 0.231 e. The van der Waals surface area contributed by atoms with Gasteiger partial charge in [0.1, 0.15) is 5.75 Å². The van der Waals surface area contributed by atoms with E-state index in [1.807, 2.05) is 18.2 Å². The standard InChI is InChI=1S/C24H29NO6/c1-14-22(15-9-20(26-2)23(28-4)21(10-15)27-3)16-11-18-19(30-13-29-18)12-17(16)31-24(14)25-7-5-6-8-25/h9-12,14,22,24H,5-8,13H2,1-4H3/t14-,22-,24+/m1/s1. The molecule has 2 aromatic rings. The molecule has 3 atom stereocenters. The van der Waals surface area contributed by atoms with E-state index in [0.29, 0.717) is 17.2 Å². The van der Waals surface area contributed by atoms with Crippen LogP contribution in [0.2, 0.25) is 0 Å². The molecule has 0 radical (unpaired) electrons. The van der Waals surface area contributed by atoms with Gasteiger partial charge in [-0.25, -0.2) is 0 Å². The van der Waals surface area contributed by atoms with E-state index in [4.69, 9.17) is 28.4 Å². The van der Waals surface area contributed by atoms with Crippen molar-refractivity contribution < 1.29 is 28.4 Å². The van der Waals surface area contributed by atoms with Crippen LogP contribution in [0.25, 0.3) is 0 Å². The van der Waals surface area contributed by atoms with E-state index in [2.05, 4.69) is 17.9 Å². The van der Waals surface area contributed by atoms with Crippen LogP contribution >= 0.6 is 0 Å². The molecule has 3 aliphatic heterocycles. The molecule has 0 bridgehead atoms. The first kappa shape index (κ1) is 20.1. The van der Waals surface area contributed by atoms with Gasteiger partial charge in [0.25, 0.3) is 0 Å². The van der Waals surface area contributed by atoms with Crippen LogP contribution in [0.1, 0.15) is 36.8 Å². The second-order valence-electron chi connectivity index (χ2n) is 8.29. The largest absolute Gasteiger partial charge is 0.493 e. The van der Waals surface area contributed by atoms with Crippen LogP contribution < -0.4 is 28.4 Å². The Hall–Kier alpha value is -2.80. The smallest absolute Gasteiger partial charge is 0.231 e. The minimum atomic E-state index is -0.0144. The molecule has 0 aliphatic carbocycles. The van der Waals surface area contributed by atoms with Crippen molar-refractivity contribution in [3.05, 3.63) is 35.4 Å². The predicted octanol–water partition coefficient (Wildman–Crippen LogP) is 4.02. The average molecular weight is 427 g/mol. The van der Waals surface area contributed by atoms with Crippen molar-refractivity contribution in [2.75, 3.05) is 41.2 Å². The molecule has 0 saturated carbocycles. The average Bonchev–Trinajstić information content (AvgIpc) is 3.48. The third-order valence-electron chi connectivity index (χ3n) is 6.61. The highest BCUT2D eigenvalue weighted by molar-refractivity contribution is 5.60. The van der Waals surface area contributed by atoms with Gasteiger partial charge in [-0.15, -0.1) is 0 Å². The van der Waals surface area contributed by atoms with Crippen LogP contribution in [0.3, 0.4) is 0 Å². The lowest BCUT2D eigenvalue weighted by molar-refractivity contribution is -0.0178. The summed E-state index contributed by atoms with van der Waals surface area (Å²) in [5.74, 6) is 4.50. The van der Waals surface area contributed by atoms with Gasteiger partial charge in [0.15, 0.2) is 29.2 Å². The Balaban J connectivity index is 1.66. The topological polar surface area (TPSA) is 58.6 Å². The van der Waals surface area contributed by atoms with Crippen molar-refractivity contribution in [2.24, 2.45) is 5.92 Å². The van der Waals surface area contributed by atoms with Gasteiger partial charge in [-0.3, -0.25) is 4.90 Å². The van der Waals surface area contributed by atoms with E-state index in [9.17, 15) is 0 Å². The Morgan fingerprint density at radius 1 is 0.839 bits per heavy atom. The van der Waals surface area contributed by atoms with Crippen molar-refractivity contribution in [1.29, 1.82) is 0 Å². The first-order valence-corrected chi connectivity index (χ1v) is 10.8. The van der Waals surface area contributed by atoms with Crippen LogP contribution in [0.4, 0.5) is 0 Å². The molecule has 166 valence electrons. The Morgan fingerprint density at radius 2 is 1.48 bits per heavy atom. The lowest BCUT2D eigenvalue weighted by Crippen LogP contribution is -2.46. The summed E-state index contributed by atoms with van der Waals surface area (Å²) in [6.45, 7) is 4.59. The first-order valence-electron chi connectivity index (χ1n) is 10.8. The van der Waals surface area contributed by atoms with Gasteiger partial charge < -0.3 is 28.4 Å². The zero-order valence-electron chi connectivity index (χ0n) is 18.5. The van der Waals surface area contributed by atoms with Crippen LogP contribution in [0, 0.1) is 5.92 Å². The number of hydrogen-bond donors (Lipinski definition) is 0. The van der Waals surface area contributed by atoms with Gasteiger partial charge in [-0.1, -0.05) is 6.92 Å². The van der Waals surface area contributed by atoms with Crippen LogP contribution in [-0.4, -0.2) is 52.3 Å². The highest BCUT2D eigenvalue weighted by Gasteiger charge is 2.42. The van der Waals surface area contributed by atoms with Gasteiger partial charge in [0.2, 0.25) is 12.5 Å². The normalized spacial score (nSPS) is 24.5. The predicted molar refractivity (Wildman–Crippen MR) is 115 cm³/mol. The Bertz CT molecular complexity index is 946. The number of ether oxygens (including phenoxy) is 6. The van der Waals surface area contributed by atoms with Crippen molar-refractivity contribution in [1.82, 2.24) is 4.90 Å². The van der Waals surface area contributed by atoms with Gasteiger partial charge in [-0.2, -0.15) is 0 Å². The lowest BCUT2D eigenvalue weighted by atomic mass is 9.78. The minimum Gasteiger partial charge on any atom is -0.493 e. The highest BCUT2D eigenvalue weighted by Crippen LogP contribution is 2.52. The molecule has 1 saturated heterocycles. The summed E-state index contributed by atoms with van der Waals surface area (Å²) in [5, 5.41) is 0. The van der Waals surface area contributed by atoms with E-state index < -0.39 is 0 Å². The molecule has 0 spiro atoms. The van der Waals surface area contributed by atoms with Crippen molar-refractivity contribution in [3.8, 4) is 34.5 Å². The zero-order chi connectivity index (χ0) is 21.5.